The lowest BCUT2D eigenvalue weighted by Gasteiger charge is -2.13. The first kappa shape index (κ1) is 22.2. The molecule has 3 N–H and O–H groups in total. The number of nitrogens with one attached hydrogen (secondary N) is 3. The molecule has 0 fully saturated rings. The van der Waals surface area contributed by atoms with Gasteiger partial charge in [0.1, 0.15) is 5.75 Å². The molecule has 0 aliphatic carbocycles. The number of hydrogen-bond acceptors (Lipinski definition) is 5. The first-order valence-electron chi connectivity index (χ1n) is 8.75. The third-order valence-corrected chi connectivity index (χ3v) is 4.69. The van der Waals surface area contributed by atoms with Gasteiger partial charge in [0, 0.05) is 45.0 Å². The van der Waals surface area contributed by atoms with Gasteiger partial charge in [0.05, 0.1) is 18.9 Å². The number of benzene rings is 1. The van der Waals surface area contributed by atoms with E-state index in [0.717, 1.165) is 17.9 Å². The van der Waals surface area contributed by atoms with Crippen LogP contribution in [0, 0.1) is 0 Å². The van der Waals surface area contributed by atoms with Crippen molar-refractivity contribution in [3.8, 4) is 5.75 Å². The monoisotopic (exact) mass is 386 g/mol. The Bertz CT molecular complexity index is 650. The second-order valence-electron chi connectivity index (χ2n) is 5.41. The number of sulfonamides is 1. The molecule has 26 heavy (non-hydrogen) atoms. The van der Waals surface area contributed by atoms with E-state index in [1.54, 1.807) is 14.0 Å². The van der Waals surface area contributed by atoms with Gasteiger partial charge in [-0.15, -0.1) is 0 Å². The standard InChI is InChI=1S/C17H30N4O4S/c1-4-18-17(19-10-11-20-26(22,23)5-2)21-15-8-6-9-16(14-15)25-13-7-12-24-3/h6,8-9,14,20H,4-5,7,10-13H2,1-3H3,(H2,18,19,21). The minimum absolute atomic E-state index is 0.0617. The minimum Gasteiger partial charge on any atom is -0.493 e. The van der Waals surface area contributed by atoms with E-state index in [9.17, 15) is 8.42 Å². The summed E-state index contributed by atoms with van der Waals surface area (Å²) in [5.41, 5.74) is 0.836. The Morgan fingerprint density at radius 1 is 1.23 bits per heavy atom. The molecule has 9 heteroatoms. The normalized spacial score (nSPS) is 12.0. The van der Waals surface area contributed by atoms with Crippen LogP contribution in [0.15, 0.2) is 29.3 Å². The smallest absolute Gasteiger partial charge is 0.211 e. The number of anilines is 1. The SMILES string of the molecule is CCNC(=NCCNS(=O)(=O)CC)Nc1cccc(OCCCOC)c1. The van der Waals surface area contributed by atoms with Crippen molar-refractivity contribution in [3.05, 3.63) is 24.3 Å². The average molecular weight is 387 g/mol. The third kappa shape index (κ3) is 9.59. The third-order valence-electron chi connectivity index (χ3n) is 3.29. The van der Waals surface area contributed by atoms with Crippen molar-refractivity contribution < 1.29 is 17.9 Å². The van der Waals surface area contributed by atoms with E-state index in [1.165, 1.54) is 0 Å². The van der Waals surface area contributed by atoms with Gasteiger partial charge in [0.15, 0.2) is 5.96 Å². The summed E-state index contributed by atoms with van der Waals surface area (Å²) < 4.78 is 36.0. The molecule has 0 atom stereocenters. The lowest BCUT2D eigenvalue weighted by atomic mass is 10.3. The van der Waals surface area contributed by atoms with Gasteiger partial charge in [-0.05, 0) is 26.0 Å². The minimum atomic E-state index is -3.19. The van der Waals surface area contributed by atoms with Gasteiger partial charge in [-0.2, -0.15) is 0 Å². The molecule has 0 aliphatic heterocycles. The first-order chi connectivity index (χ1) is 12.5. The molecule has 8 nitrogen and oxygen atoms in total. The molecule has 1 aromatic carbocycles. The zero-order valence-corrected chi connectivity index (χ0v) is 16.6. The molecular formula is C17H30N4O4S. The summed E-state index contributed by atoms with van der Waals surface area (Å²) in [5.74, 6) is 1.41. The van der Waals surface area contributed by atoms with Crippen LogP contribution in [0.5, 0.6) is 5.75 Å². The van der Waals surface area contributed by atoms with E-state index in [1.807, 2.05) is 31.2 Å². The molecule has 0 unspecified atom stereocenters. The lowest BCUT2D eigenvalue weighted by molar-refractivity contribution is 0.172. The highest BCUT2D eigenvalue weighted by molar-refractivity contribution is 7.89. The number of guanidine groups is 1. The van der Waals surface area contributed by atoms with Crippen molar-refractivity contribution in [1.82, 2.24) is 10.0 Å². The summed E-state index contributed by atoms with van der Waals surface area (Å²) in [6.07, 6.45) is 0.825. The highest BCUT2D eigenvalue weighted by Gasteiger charge is 2.05. The summed E-state index contributed by atoms with van der Waals surface area (Å²) in [4.78, 5) is 4.37. The fourth-order valence-corrected chi connectivity index (χ4v) is 2.58. The summed E-state index contributed by atoms with van der Waals surface area (Å²) in [6, 6.07) is 7.59. The summed E-state index contributed by atoms with van der Waals surface area (Å²) >= 11 is 0. The van der Waals surface area contributed by atoms with Crippen LogP contribution in [0.25, 0.3) is 0 Å². The Morgan fingerprint density at radius 2 is 2.04 bits per heavy atom. The van der Waals surface area contributed by atoms with Crippen LogP contribution in [-0.4, -0.2) is 60.1 Å². The predicted molar refractivity (Wildman–Crippen MR) is 105 cm³/mol. The number of rotatable bonds is 12. The van der Waals surface area contributed by atoms with Gasteiger partial charge in [0.2, 0.25) is 10.0 Å². The van der Waals surface area contributed by atoms with Crippen LogP contribution in [0.2, 0.25) is 0 Å². The van der Waals surface area contributed by atoms with E-state index in [2.05, 4.69) is 20.3 Å². The fraction of sp³-hybridized carbons (Fsp3) is 0.588. The summed E-state index contributed by atoms with van der Waals surface area (Å²) in [7, 11) is -1.53. The van der Waals surface area contributed by atoms with Crippen LogP contribution < -0.4 is 20.1 Å². The van der Waals surface area contributed by atoms with Gasteiger partial charge < -0.3 is 20.1 Å². The van der Waals surface area contributed by atoms with Crippen LogP contribution in [0.1, 0.15) is 20.3 Å². The maximum Gasteiger partial charge on any atom is 0.211 e. The Morgan fingerprint density at radius 3 is 2.73 bits per heavy atom. The molecule has 0 heterocycles. The predicted octanol–water partition coefficient (Wildman–Crippen LogP) is 1.42. The molecule has 0 saturated carbocycles. The van der Waals surface area contributed by atoms with E-state index < -0.39 is 10.0 Å². The molecule has 0 aliphatic rings. The Balaban J connectivity index is 2.58. The van der Waals surface area contributed by atoms with Crippen LogP contribution in [0.4, 0.5) is 5.69 Å². The number of aliphatic imine (C=N–C) groups is 1. The molecular weight excluding hydrogens is 356 g/mol. The topological polar surface area (TPSA) is 101 Å². The van der Waals surface area contributed by atoms with Gasteiger partial charge in [0.25, 0.3) is 0 Å². The summed E-state index contributed by atoms with van der Waals surface area (Å²) in [5, 5.41) is 6.32. The molecule has 0 amide bonds. The van der Waals surface area contributed by atoms with Gasteiger partial charge in [-0.25, -0.2) is 13.1 Å². The number of methoxy groups -OCH3 is 1. The summed E-state index contributed by atoms with van der Waals surface area (Å²) in [6.45, 7) is 6.10. The molecule has 0 aromatic heterocycles. The van der Waals surface area contributed by atoms with Crippen molar-refractivity contribution in [1.29, 1.82) is 0 Å². The van der Waals surface area contributed by atoms with Crippen LogP contribution in [-0.2, 0) is 14.8 Å². The molecule has 1 aromatic rings. The quantitative estimate of drug-likeness (QED) is 0.285. The molecule has 0 radical (unpaired) electrons. The van der Waals surface area contributed by atoms with Crippen LogP contribution in [0.3, 0.4) is 0 Å². The Labute approximate surface area is 156 Å². The highest BCUT2D eigenvalue weighted by atomic mass is 32.2. The maximum absolute atomic E-state index is 11.4. The second-order valence-corrected chi connectivity index (χ2v) is 7.50. The van der Waals surface area contributed by atoms with Crippen molar-refractivity contribution in [2.45, 2.75) is 20.3 Å². The Kier molecular flexibility index (Phi) is 10.7. The van der Waals surface area contributed by atoms with Crippen molar-refractivity contribution in [3.63, 3.8) is 0 Å². The zero-order valence-electron chi connectivity index (χ0n) is 15.7. The molecule has 0 spiro atoms. The average Bonchev–Trinajstić information content (AvgIpc) is 2.63. The van der Waals surface area contributed by atoms with Crippen molar-refractivity contribution in [2.24, 2.45) is 4.99 Å². The lowest BCUT2D eigenvalue weighted by Crippen LogP contribution is -2.32. The van der Waals surface area contributed by atoms with E-state index in [-0.39, 0.29) is 12.3 Å². The second kappa shape index (κ2) is 12.5. The maximum atomic E-state index is 11.4. The number of hydrogen-bond donors (Lipinski definition) is 3. The molecule has 1 rings (SSSR count). The van der Waals surface area contributed by atoms with Gasteiger partial charge in [-0.3, -0.25) is 4.99 Å². The fourth-order valence-electron chi connectivity index (χ4n) is 1.97. The largest absolute Gasteiger partial charge is 0.493 e. The van der Waals surface area contributed by atoms with Gasteiger partial charge in [-0.1, -0.05) is 6.07 Å². The number of nitrogens with zero attached hydrogens (tertiary/aromatic N) is 1. The van der Waals surface area contributed by atoms with Gasteiger partial charge >= 0.3 is 0 Å². The number of ether oxygens (including phenoxy) is 2. The zero-order chi connectivity index (χ0) is 19.3. The van der Waals surface area contributed by atoms with E-state index in [0.29, 0.717) is 32.3 Å². The van der Waals surface area contributed by atoms with Crippen LogP contribution >= 0.6 is 0 Å². The van der Waals surface area contributed by atoms with E-state index in [4.69, 9.17) is 9.47 Å². The van der Waals surface area contributed by atoms with E-state index >= 15 is 0 Å². The molecule has 148 valence electrons. The van der Waals surface area contributed by atoms with Crippen molar-refractivity contribution in [2.75, 3.05) is 51.0 Å². The molecule has 0 bridgehead atoms. The Hall–Kier alpha value is -1.84. The highest BCUT2D eigenvalue weighted by Crippen LogP contribution is 2.17. The first-order valence-corrected chi connectivity index (χ1v) is 10.4. The van der Waals surface area contributed by atoms with Crippen molar-refractivity contribution >= 4 is 21.7 Å². The molecule has 0 saturated heterocycles.